The molecule has 0 radical (unpaired) electrons. The lowest BCUT2D eigenvalue weighted by atomic mass is 9.91. The van der Waals surface area contributed by atoms with Gasteiger partial charge >= 0.3 is 0 Å². The molecule has 4 heterocycles. The second-order valence-corrected chi connectivity index (χ2v) is 12.7. The van der Waals surface area contributed by atoms with Crippen LogP contribution >= 0.6 is 0 Å². The molecular formula is C45H33N3O. The standard InChI is InChI=1S/C45H33N3O/c1-2-11-40-32(7-1)8-3-4-24-49-43-21-19-35(28-41(40)43)38-25-37(31-14-12-30(13-15-31)36-10-5-22-46-29-36)26-39(27-38)42-20-18-34-17-16-33-9-6-23-47-44(33)45(34)48-42/h1-2,5-7,9-23,25-29H,3-4,8,24H2. The molecule has 9 rings (SSSR count). The fourth-order valence-electron chi connectivity index (χ4n) is 7.03. The average Bonchev–Trinajstić information content (AvgIpc) is 3.26. The number of hydrogen-bond acceptors (Lipinski definition) is 4. The predicted octanol–water partition coefficient (Wildman–Crippen LogP) is 11.2. The number of aryl methyl sites for hydroxylation is 1. The molecule has 234 valence electrons. The fraction of sp³-hybridized carbons (Fsp3) is 0.0889. The molecule has 0 N–H and O–H groups in total. The third-order valence-corrected chi connectivity index (χ3v) is 9.59. The molecule has 49 heavy (non-hydrogen) atoms. The highest BCUT2D eigenvalue weighted by molar-refractivity contribution is 6.03. The zero-order valence-electron chi connectivity index (χ0n) is 27.0. The molecule has 4 nitrogen and oxygen atoms in total. The number of aromatic nitrogens is 3. The Morgan fingerprint density at radius 3 is 2.08 bits per heavy atom. The van der Waals surface area contributed by atoms with Crippen molar-refractivity contribution in [3.8, 4) is 61.5 Å². The summed E-state index contributed by atoms with van der Waals surface area (Å²) >= 11 is 0. The van der Waals surface area contributed by atoms with E-state index >= 15 is 0 Å². The fourth-order valence-corrected chi connectivity index (χ4v) is 7.03. The van der Waals surface area contributed by atoms with Gasteiger partial charge in [0.2, 0.25) is 0 Å². The quantitative estimate of drug-likeness (QED) is 0.181. The molecule has 5 aromatic carbocycles. The van der Waals surface area contributed by atoms with E-state index in [1.54, 1.807) is 6.20 Å². The first-order valence-corrected chi connectivity index (χ1v) is 16.9. The van der Waals surface area contributed by atoms with Crippen LogP contribution < -0.4 is 4.74 Å². The largest absolute Gasteiger partial charge is 0.493 e. The second-order valence-electron chi connectivity index (χ2n) is 12.7. The maximum atomic E-state index is 6.35. The molecule has 0 fully saturated rings. The SMILES string of the molecule is c1cncc(-c2ccc(-c3cc(-c4ccc5c(c4)-c4ccccc4CCCCO5)cc(-c4ccc5ccc6cccnc6c5n4)c3)cc2)c1. The lowest BCUT2D eigenvalue weighted by Crippen LogP contribution is -1.98. The van der Waals surface area contributed by atoms with Crippen LogP contribution in [0.3, 0.4) is 0 Å². The van der Waals surface area contributed by atoms with Crippen molar-refractivity contribution in [2.24, 2.45) is 0 Å². The number of benzene rings is 5. The Bertz CT molecular complexity index is 2470. The summed E-state index contributed by atoms with van der Waals surface area (Å²) in [5.74, 6) is 0.941. The summed E-state index contributed by atoms with van der Waals surface area (Å²) < 4.78 is 6.35. The molecule has 0 atom stereocenters. The van der Waals surface area contributed by atoms with Crippen molar-refractivity contribution in [3.05, 3.63) is 158 Å². The van der Waals surface area contributed by atoms with Gasteiger partial charge in [-0.05, 0) is 112 Å². The van der Waals surface area contributed by atoms with Gasteiger partial charge in [0.15, 0.2) is 0 Å². The van der Waals surface area contributed by atoms with E-state index < -0.39 is 0 Å². The van der Waals surface area contributed by atoms with Crippen LogP contribution in [0.25, 0.3) is 77.6 Å². The van der Waals surface area contributed by atoms with Crippen molar-refractivity contribution in [1.29, 1.82) is 0 Å². The van der Waals surface area contributed by atoms with Crippen molar-refractivity contribution in [2.45, 2.75) is 19.3 Å². The number of fused-ring (bicyclic) bond motifs is 6. The van der Waals surface area contributed by atoms with Crippen LogP contribution in [-0.2, 0) is 6.42 Å². The van der Waals surface area contributed by atoms with Crippen molar-refractivity contribution in [1.82, 2.24) is 15.0 Å². The van der Waals surface area contributed by atoms with Gasteiger partial charge < -0.3 is 4.74 Å². The molecule has 1 aliphatic heterocycles. The molecule has 4 heteroatoms. The average molecular weight is 632 g/mol. The maximum Gasteiger partial charge on any atom is 0.127 e. The lowest BCUT2D eigenvalue weighted by Gasteiger charge is -2.16. The monoisotopic (exact) mass is 631 g/mol. The molecule has 8 aromatic rings. The topological polar surface area (TPSA) is 47.9 Å². The maximum absolute atomic E-state index is 6.35. The summed E-state index contributed by atoms with van der Waals surface area (Å²) in [5.41, 5.74) is 14.3. The Balaban J connectivity index is 1.22. The van der Waals surface area contributed by atoms with Crippen LogP contribution in [0.4, 0.5) is 0 Å². The molecule has 0 amide bonds. The Kier molecular flexibility index (Phi) is 7.39. The number of rotatable bonds is 4. The minimum Gasteiger partial charge on any atom is -0.493 e. The van der Waals surface area contributed by atoms with E-state index in [0.717, 1.165) is 104 Å². The van der Waals surface area contributed by atoms with Gasteiger partial charge in [-0.1, -0.05) is 84.9 Å². The smallest absolute Gasteiger partial charge is 0.127 e. The first-order valence-electron chi connectivity index (χ1n) is 16.9. The summed E-state index contributed by atoms with van der Waals surface area (Å²) in [6, 6.07) is 47.6. The number of ether oxygens (including phenoxy) is 1. The minimum atomic E-state index is 0.728. The van der Waals surface area contributed by atoms with E-state index in [-0.39, 0.29) is 0 Å². The third kappa shape index (κ3) is 5.62. The van der Waals surface area contributed by atoms with Gasteiger partial charge in [-0.3, -0.25) is 9.97 Å². The summed E-state index contributed by atoms with van der Waals surface area (Å²) in [6.07, 6.45) is 8.77. The Labute approximate surface area is 285 Å². The van der Waals surface area contributed by atoms with Gasteiger partial charge in [-0.2, -0.15) is 0 Å². The molecule has 3 aromatic heterocycles. The van der Waals surface area contributed by atoms with Crippen LogP contribution in [0.1, 0.15) is 18.4 Å². The molecule has 0 saturated carbocycles. The van der Waals surface area contributed by atoms with E-state index in [4.69, 9.17) is 14.7 Å². The summed E-state index contributed by atoms with van der Waals surface area (Å²) in [7, 11) is 0. The van der Waals surface area contributed by atoms with Crippen molar-refractivity contribution in [2.75, 3.05) is 6.61 Å². The van der Waals surface area contributed by atoms with Gasteiger partial charge in [0.05, 0.1) is 23.3 Å². The Morgan fingerprint density at radius 2 is 1.22 bits per heavy atom. The van der Waals surface area contributed by atoms with Crippen molar-refractivity contribution < 1.29 is 4.74 Å². The minimum absolute atomic E-state index is 0.728. The molecule has 0 unspecified atom stereocenters. The van der Waals surface area contributed by atoms with Gasteiger partial charge in [-0.15, -0.1) is 0 Å². The normalized spacial score (nSPS) is 12.7. The Morgan fingerprint density at radius 1 is 0.490 bits per heavy atom. The summed E-state index contributed by atoms with van der Waals surface area (Å²) in [4.78, 5) is 14.3. The van der Waals surface area contributed by atoms with Crippen LogP contribution in [0, 0.1) is 0 Å². The first kappa shape index (κ1) is 29.0. The molecule has 0 aliphatic carbocycles. The second kappa shape index (κ2) is 12.5. The summed E-state index contributed by atoms with van der Waals surface area (Å²) in [5, 5.41) is 2.16. The highest BCUT2D eigenvalue weighted by Crippen LogP contribution is 2.40. The Hall–Kier alpha value is -6.13. The van der Waals surface area contributed by atoms with E-state index in [0.29, 0.717) is 0 Å². The zero-order chi connectivity index (χ0) is 32.6. The van der Waals surface area contributed by atoms with Crippen LogP contribution in [-0.4, -0.2) is 21.6 Å². The van der Waals surface area contributed by atoms with E-state index in [1.165, 1.54) is 11.1 Å². The van der Waals surface area contributed by atoms with Gasteiger partial charge in [0, 0.05) is 40.5 Å². The van der Waals surface area contributed by atoms with E-state index in [2.05, 4.69) is 126 Å². The third-order valence-electron chi connectivity index (χ3n) is 9.59. The number of nitrogens with zero attached hydrogens (tertiary/aromatic N) is 3. The molecule has 0 saturated heterocycles. The lowest BCUT2D eigenvalue weighted by molar-refractivity contribution is 0.309. The van der Waals surface area contributed by atoms with Gasteiger partial charge in [0.1, 0.15) is 5.75 Å². The van der Waals surface area contributed by atoms with Gasteiger partial charge in [0.25, 0.3) is 0 Å². The molecule has 1 aliphatic rings. The molecular weight excluding hydrogens is 599 g/mol. The first-order chi connectivity index (χ1) is 24.3. The van der Waals surface area contributed by atoms with E-state index in [1.807, 2.05) is 24.5 Å². The van der Waals surface area contributed by atoms with Crippen molar-refractivity contribution >= 4 is 21.8 Å². The number of pyridine rings is 3. The molecule has 0 bridgehead atoms. The number of hydrogen-bond donors (Lipinski definition) is 0. The highest BCUT2D eigenvalue weighted by Gasteiger charge is 2.16. The van der Waals surface area contributed by atoms with Gasteiger partial charge in [-0.25, -0.2) is 4.98 Å². The summed E-state index contributed by atoms with van der Waals surface area (Å²) in [6.45, 7) is 0.728. The van der Waals surface area contributed by atoms with Crippen LogP contribution in [0.2, 0.25) is 0 Å². The van der Waals surface area contributed by atoms with Crippen molar-refractivity contribution in [3.63, 3.8) is 0 Å². The van der Waals surface area contributed by atoms with Crippen LogP contribution in [0.5, 0.6) is 5.75 Å². The zero-order valence-corrected chi connectivity index (χ0v) is 27.0. The molecule has 0 spiro atoms. The van der Waals surface area contributed by atoms with Crippen LogP contribution in [0.15, 0.2) is 152 Å². The highest BCUT2D eigenvalue weighted by atomic mass is 16.5. The predicted molar refractivity (Wildman–Crippen MR) is 200 cm³/mol. The van der Waals surface area contributed by atoms with E-state index in [9.17, 15) is 0 Å².